The maximum Gasteiger partial charge on any atom is 0.255 e. The summed E-state index contributed by atoms with van der Waals surface area (Å²) >= 11 is 0. The standard InChI is InChI=1S/C26H24FN3O3/c1-17(28-25(32)16-5-19-3-12-23(13-4-19)29-18(2)31)20-8-14-24(15-9-20)30-26(33)21-6-10-22(27)11-7-21/h3-17H,1-2H3,(H,28,32)(H,29,31)(H,30,33). The second-order valence-corrected chi connectivity index (χ2v) is 7.45. The number of amides is 3. The first-order valence-corrected chi connectivity index (χ1v) is 10.3. The van der Waals surface area contributed by atoms with Gasteiger partial charge in [-0.25, -0.2) is 4.39 Å². The van der Waals surface area contributed by atoms with Crippen LogP contribution in [0.5, 0.6) is 0 Å². The third kappa shape index (κ3) is 7.14. The Bertz CT molecular complexity index is 1150. The predicted octanol–water partition coefficient (Wildman–Crippen LogP) is 4.93. The van der Waals surface area contributed by atoms with E-state index in [9.17, 15) is 18.8 Å². The Morgan fingerprint density at radius 1 is 0.818 bits per heavy atom. The monoisotopic (exact) mass is 445 g/mol. The van der Waals surface area contributed by atoms with Crippen molar-refractivity contribution in [2.45, 2.75) is 19.9 Å². The van der Waals surface area contributed by atoms with Gasteiger partial charge in [-0.15, -0.1) is 0 Å². The highest BCUT2D eigenvalue weighted by molar-refractivity contribution is 6.04. The van der Waals surface area contributed by atoms with Crippen molar-refractivity contribution in [1.82, 2.24) is 5.32 Å². The van der Waals surface area contributed by atoms with Gasteiger partial charge in [0.15, 0.2) is 0 Å². The number of hydrogen-bond acceptors (Lipinski definition) is 3. The smallest absolute Gasteiger partial charge is 0.255 e. The van der Waals surface area contributed by atoms with Gasteiger partial charge < -0.3 is 16.0 Å². The zero-order valence-electron chi connectivity index (χ0n) is 18.3. The van der Waals surface area contributed by atoms with Gasteiger partial charge in [0.1, 0.15) is 5.82 Å². The highest BCUT2D eigenvalue weighted by atomic mass is 19.1. The first-order valence-electron chi connectivity index (χ1n) is 10.3. The van der Waals surface area contributed by atoms with Crippen molar-refractivity contribution in [1.29, 1.82) is 0 Å². The Hall–Kier alpha value is -4.26. The molecule has 3 rings (SSSR count). The van der Waals surface area contributed by atoms with E-state index in [1.54, 1.807) is 42.5 Å². The number of halogens is 1. The molecule has 3 amide bonds. The van der Waals surface area contributed by atoms with Crippen LogP contribution < -0.4 is 16.0 Å². The lowest BCUT2D eigenvalue weighted by Crippen LogP contribution is -2.24. The molecule has 7 heteroatoms. The minimum absolute atomic E-state index is 0.144. The third-order valence-electron chi connectivity index (χ3n) is 4.79. The van der Waals surface area contributed by atoms with Gasteiger partial charge >= 0.3 is 0 Å². The van der Waals surface area contributed by atoms with Crippen LogP contribution in [-0.4, -0.2) is 17.7 Å². The number of hydrogen-bond donors (Lipinski definition) is 3. The summed E-state index contributed by atoms with van der Waals surface area (Å²) in [4.78, 5) is 35.6. The molecule has 0 aliphatic rings. The molecule has 0 aliphatic carbocycles. The fraction of sp³-hybridized carbons (Fsp3) is 0.115. The van der Waals surface area contributed by atoms with E-state index in [1.807, 2.05) is 19.1 Å². The molecule has 0 spiro atoms. The summed E-state index contributed by atoms with van der Waals surface area (Å²) in [6.07, 6.45) is 3.13. The molecule has 0 fully saturated rings. The quantitative estimate of drug-likeness (QED) is 0.451. The highest BCUT2D eigenvalue weighted by Gasteiger charge is 2.09. The molecule has 3 aromatic rings. The Morgan fingerprint density at radius 2 is 1.39 bits per heavy atom. The van der Waals surface area contributed by atoms with E-state index in [2.05, 4.69) is 16.0 Å². The molecule has 1 unspecified atom stereocenters. The Labute approximate surface area is 191 Å². The van der Waals surface area contributed by atoms with Gasteiger partial charge in [-0.1, -0.05) is 24.3 Å². The first kappa shape index (κ1) is 23.4. The molecule has 3 N–H and O–H groups in total. The minimum atomic E-state index is -0.401. The van der Waals surface area contributed by atoms with E-state index in [0.717, 1.165) is 11.1 Å². The summed E-state index contributed by atoms with van der Waals surface area (Å²) in [6.45, 7) is 3.30. The van der Waals surface area contributed by atoms with Crippen LogP contribution >= 0.6 is 0 Å². The van der Waals surface area contributed by atoms with E-state index in [0.29, 0.717) is 16.9 Å². The second kappa shape index (κ2) is 10.9. The Balaban J connectivity index is 1.53. The lowest BCUT2D eigenvalue weighted by atomic mass is 10.1. The molecular weight excluding hydrogens is 421 g/mol. The van der Waals surface area contributed by atoms with E-state index in [1.165, 1.54) is 37.3 Å². The maximum atomic E-state index is 13.0. The lowest BCUT2D eigenvalue weighted by molar-refractivity contribution is -0.117. The van der Waals surface area contributed by atoms with E-state index in [-0.39, 0.29) is 23.8 Å². The Kier molecular flexibility index (Phi) is 7.70. The summed E-state index contributed by atoms with van der Waals surface area (Å²) in [6, 6.07) is 19.3. The molecule has 0 aromatic heterocycles. The van der Waals surface area contributed by atoms with Gasteiger partial charge in [-0.2, -0.15) is 0 Å². The molecular formula is C26H24FN3O3. The predicted molar refractivity (Wildman–Crippen MR) is 127 cm³/mol. The van der Waals surface area contributed by atoms with Crippen molar-refractivity contribution in [3.05, 3.63) is 101 Å². The van der Waals surface area contributed by atoms with Crippen LogP contribution in [0, 0.1) is 5.82 Å². The van der Waals surface area contributed by atoms with E-state index in [4.69, 9.17) is 0 Å². The van der Waals surface area contributed by atoms with Crippen LogP contribution in [0.1, 0.15) is 41.4 Å². The zero-order chi connectivity index (χ0) is 23.8. The van der Waals surface area contributed by atoms with Crippen molar-refractivity contribution >= 4 is 35.2 Å². The van der Waals surface area contributed by atoms with E-state index >= 15 is 0 Å². The summed E-state index contributed by atoms with van der Waals surface area (Å²) in [5, 5.41) is 8.33. The summed E-state index contributed by atoms with van der Waals surface area (Å²) < 4.78 is 13.0. The molecule has 0 aliphatic heterocycles. The zero-order valence-corrected chi connectivity index (χ0v) is 18.3. The number of rotatable bonds is 7. The van der Waals surface area contributed by atoms with Gasteiger partial charge in [-0.3, -0.25) is 14.4 Å². The van der Waals surface area contributed by atoms with Crippen LogP contribution in [-0.2, 0) is 9.59 Å². The minimum Gasteiger partial charge on any atom is -0.346 e. The van der Waals surface area contributed by atoms with Crippen LogP contribution in [0.2, 0.25) is 0 Å². The van der Waals surface area contributed by atoms with Crippen LogP contribution in [0.4, 0.5) is 15.8 Å². The first-order chi connectivity index (χ1) is 15.8. The van der Waals surface area contributed by atoms with Crippen molar-refractivity contribution in [2.75, 3.05) is 10.6 Å². The molecule has 0 bridgehead atoms. The van der Waals surface area contributed by atoms with Crippen molar-refractivity contribution in [3.8, 4) is 0 Å². The normalized spacial score (nSPS) is 11.6. The van der Waals surface area contributed by atoms with Crippen LogP contribution in [0.25, 0.3) is 6.08 Å². The fourth-order valence-corrected chi connectivity index (χ4v) is 3.06. The summed E-state index contributed by atoms with van der Waals surface area (Å²) in [7, 11) is 0. The van der Waals surface area contributed by atoms with Crippen molar-refractivity contribution < 1.29 is 18.8 Å². The summed E-state index contributed by atoms with van der Waals surface area (Å²) in [5.41, 5.74) is 3.34. The maximum absolute atomic E-state index is 13.0. The van der Waals surface area contributed by atoms with Crippen LogP contribution in [0.15, 0.2) is 78.9 Å². The van der Waals surface area contributed by atoms with Crippen molar-refractivity contribution in [3.63, 3.8) is 0 Å². The average molecular weight is 445 g/mol. The van der Waals surface area contributed by atoms with Gasteiger partial charge in [0, 0.05) is 29.9 Å². The molecule has 0 saturated heterocycles. The molecule has 3 aromatic carbocycles. The number of anilines is 2. The average Bonchev–Trinajstić information content (AvgIpc) is 2.79. The van der Waals surface area contributed by atoms with Gasteiger partial charge in [0.2, 0.25) is 11.8 Å². The molecule has 0 saturated carbocycles. The number of carbonyl (C=O) groups excluding carboxylic acids is 3. The molecule has 6 nitrogen and oxygen atoms in total. The van der Waals surface area contributed by atoms with Crippen molar-refractivity contribution in [2.24, 2.45) is 0 Å². The van der Waals surface area contributed by atoms with Crippen LogP contribution in [0.3, 0.4) is 0 Å². The summed E-state index contributed by atoms with van der Waals surface area (Å²) in [5.74, 6) is -1.13. The molecule has 1 atom stereocenters. The molecule has 0 radical (unpaired) electrons. The van der Waals surface area contributed by atoms with E-state index < -0.39 is 5.82 Å². The number of carbonyl (C=O) groups is 3. The van der Waals surface area contributed by atoms with Gasteiger partial charge in [-0.05, 0) is 72.7 Å². The molecule has 33 heavy (non-hydrogen) atoms. The Morgan fingerprint density at radius 3 is 2.00 bits per heavy atom. The third-order valence-corrected chi connectivity index (χ3v) is 4.79. The highest BCUT2D eigenvalue weighted by Crippen LogP contribution is 2.17. The SMILES string of the molecule is CC(=O)Nc1ccc(C=CC(=O)NC(C)c2ccc(NC(=O)c3ccc(F)cc3)cc2)cc1. The second-order valence-electron chi connectivity index (χ2n) is 7.45. The lowest BCUT2D eigenvalue weighted by Gasteiger charge is -2.14. The fourth-order valence-electron chi connectivity index (χ4n) is 3.06. The van der Waals surface area contributed by atoms with Gasteiger partial charge in [0.25, 0.3) is 5.91 Å². The number of nitrogens with one attached hydrogen (secondary N) is 3. The number of benzene rings is 3. The molecule has 0 heterocycles. The topological polar surface area (TPSA) is 87.3 Å². The molecule has 168 valence electrons. The van der Waals surface area contributed by atoms with Gasteiger partial charge in [0.05, 0.1) is 6.04 Å². The largest absolute Gasteiger partial charge is 0.346 e.